The number of hydrogen-bond acceptors (Lipinski definition) is 5. The Balaban J connectivity index is 1.71. The maximum atomic E-state index is 10.9. The Kier molecular flexibility index (Phi) is 3.12. The van der Waals surface area contributed by atoms with E-state index < -0.39 is 11.8 Å². The van der Waals surface area contributed by atoms with Crippen molar-refractivity contribution in [1.29, 1.82) is 0 Å². The summed E-state index contributed by atoms with van der Waals surface area (Å²) in [6.07, 6.45) is 1.57. The lowest BCUT2D eigenvalue weighted by Gasteiger charge is -2.38. The highest BCUT2D eigenvalue weighted by Crippen LogP contribution is 2.32. The number of pyridine rings is 1. The summed E-state index contributed by atoms with van der Waals surface area (Å²) in [4.78, 5) is 17.1. The summed E-state index contributed by atoms with van der Waals surface area (Å²) in [6, 6.07) is 5.06. The Bertz CT molecular complexity index is 475. The van der Waals surface area contributed by atoms with E-state index in [0.29, 0.717) is 19.0 Å². The van der Waals surface area contributed by atoms with Crippen molar-refractivity contribution in [2.24, 2.45) is 0 Å². The fourth-order valence-corrected chi connectivity index (χ4v) is 2.58. The third-order valence-electron chi connectivity index (χ3n) is 3.62. The van der Waals surface area contributed by atoms with Crippen molar-refractivity contribution in [2.75, 3.05) is 31.2 Å². The van der Waals surface area contributed by atoms with E-state index in [1.165, 1.54) is 6.07 Å². The lowest BCUT2D eigenvalue weighted by Crippen LogP contribution is -2.45. The second-order valence-corrected chi connectivity index (χ2v) is 4.78. The zero-order valence-electron chi connectivity index (χ0n) is 10.5. The Morgan fingerprint density at radius 2 is 1.95 bits per heavy atom. The molecule has 2 aliphatic rings. The average Bonchev–Trinajstić information content (AvgIpc) is 2.88. The minimum Gasteiger partial charge on any atom is -0.477 e. The molecule has 2 saturated heterocycles. The molecule has 1 N–H and O–H groups in total. The lowest BCUT2D eigenvalue weighted by atomic mass is 10.0. The number of anilines is 1. The first kappa shape index (κ1) is 12.4. The maximum absolute atomic E-state index is 10.9. The summed E-state index contributed by atoms with van der Waals surface area (Å²) in [5.41, 5.74) is 0.0751. The van der Waals surface area contributed by atoms with Crippen LogP contribution in [0.25, 0.3) is 0 Å². The van der Waals surface area contributed by atoms with Gasteiger partial charge in [-0.2, -0.15) is 0 Å². The molecule has 1 aromatic rings. The van der Waals surface area contributed by atoms with Crippen LogP contribution in [-0.2, 0) is 9.47 Å². The van der Waals surface area contributed by atoms with Crippen LogP contribution in [0.3, 0.4) is 0 Å². The fraction of sp³-hybridized carbons (Fsp3) is 0.538. The van der Waals surface area contributed by atoms with Gasteiger partial charge in [0.1, 0.15) is 5.82 Å². The normalized spacial score (nSPS) is 21.8. The number of carboxylic acids is 1. The molecule has 0 atom stereocenters. The van der Waals surface area contributed by atoms with Gasteiger partial charge in [0.15, 0.2) is 11.5 Å². The highest BCUT2D eigenvalue weighted by Gasteiger charge is 2.40. The maximum Gasteiger partial charge on any atom is 0.354 e. The molecule has 0 aromatic carbocycles. The molecule has 1 aromatic heterocycles. The number of nitrogens with zero attached hydrogens (tertiary/aromatic N) is 2. The number of hydrogen-bond donors (Lipinski definition) is 1. The number of rotatable bonds is 2. The van der Waals surface area contributed by atoms with Gasteiger partial charge < -0.3 is 19.5 Å². The zero-order chi connectivity index (χ0) is 13.3. The van der Waals surface area contributed by atoms with Crippen molar-refractivity contribution in [3.63, 3.8) is 0 Å². The van der Waals surface area contributed by atoms with Crippen LogP contribution in [0.2, 0.25) is 0 Å². The summed E-state index contributed by atoms with van der Waals surface area (Å²) in [5, 5.41) is 8.95. The highest BCUT2D eigenvalue weighted by atomic mass is 16.7. The molecule has 3 rings (SSSR count). The standard InChI is InChI=1S/C13H16N2O4/c16-12(17)10-2-1-3-11(14-10)15-6-4-13(5-7-15)18-8-9-19-13/h1-3H,4-9H2,(H,16,17). The van der Waals surface area contributed by atoms with Gasteiger partial charge in [-0.05, 0) is 12.1 Å². The van der Waals surface area contributed by atoms with Crippen LogP contribution in [0.15, 0.2) is 18.2 Å². The summed E-state index contributed by atoms with van der Waals surface area (Å²) in [7, 11) is 0. The van der Waals surface area contributed by atoms with Crippen LogP contribution in [-0.4, -0.2) is 48.2 Å². The van der Waals surface area contributed by atoms with Crippen molar-refractivity contribution >= 4 is 11.8 Å². The van der Waals surface area contributed by atoms with Crippen LogP contribution < -0.4 is 4.90 Å². The first-order valence-corrected chi connectivity index (χ1v) is 6.42. The van der Waals surface area contributed by atoms with E-state index in [-0.39, 0.29) is 5.69 Å². The van der Waals surface area contributed by atoms with Crippen molar-refractivity contribution in [2.45, 2.75) is 18.6 Å². The van der Waals surface area contributed by atoms with Crippen LogP contribution >= 0.6 is 0 Å². The quantitative estimate of drug-likeness (QED) is 0.863. The van der Waals surface area contributed by atoms with Gasteiger partial charge in [0.05, 0.1) is 13.2 Å². The van der Waals surface area contributed by atoms with Crippen LogP contribution in [0, 0.1) is 0 Å². The summed E-state index contributed by atoms with van der Waals surface area (Å²) in [6.45, 7) is 2.84. The summed E-state index contributed by atoms with van der Waals surface area (Å²) in [5.74, 6) is -0.716. The number of aromatic carboxylic acids is 1. The minimum atomic E-state index is -1.00. The Labute approximate surface area is 111 Å². The average molecular weight is 264 g/mol. The molecule has 2 aliphatic heterocycles. The topological polar surface area (TPSA) is 71.9 Å². The minimum absolute atomic E-state index is 0.0751. The van der Waals surface area contributed by atoms with Gasteiger partial charge in [0.2, 0.25) is 0 Å². The largest absolute Gasteiger partial charge is 0.477 e. The molecule has 6 heteroatoms. The molecule has 0 aliphatic carbocycles. The van der Waals surface area contributed by atoms with Gasteiger partial charge in [-0.1, -0.05) is 6.07 Å². The first-order valence-electron chi connectivity index (χ1n) is 6.42. The second kappa shape index (κ2) is 4.79. The molecule has 0 saturated carbocycles. The van der Waals surface area contributed by atoms with E-state index in [4.69, 9.17) is 14.6 Å². The Morgan fingerprint density at radius 1 is 1.26 bits per heavy atom. The lowest BCUT2D eigenvalue weighted by molar-refractivity contribution is -0.169. The van der Waals surface area contributed by atoms with Crippen molar-refractivity contribution in [3.05, 3.63) is 23.9 Å². The second-order valence-electron chi connectivity index (χ2n) is 4.78. The third-order valence-corrected chi connectivity index (χ3v) is 3.62. The van der Waals surface area contributed by atoms with Crippen LogP contribution in [0.1, 0.15) is 23.3 Å². The molecule has 0 unspecified atom stereocenters. The van der Waals surface area contributed by atoms with E-state index in [1.54, 1.807) is 6.07 Å². The van der Waals surface area contributed by atoms with Gasteiger partial charge >= 0.3 is 5.97 Å². The molecule has 102 valence electrons. The number of carboxylic acid groups (broad SMARTS) is 1. The Hall–Kier alpha value is -1.66. The molecule has 1 spiro atoms. The molecule has 0 bridgehead atoms. The van der Waals surface area contributed by atoms with E-state index >= 15 is 0 Å². The van der Waals surface area contributed by atoms with E-state index in [9.17, 15) is 4.79 Å². The monoisotopic (exact) mass is 264 g/mol. The third kappa shape index (κ3) is 2.41. The number of piperidine rings is 1. The predicted octanol–water partition coefficient (Wildman–Crippen LogP) is 1.12. The SMILES string of the molecule is O=C(O)c1cccc(N2CCC3(CC2)OCCO3)n1. The van der Waals surface area contributed by atoms with Gasteiger partial charge in [0, 0.05) is 25.9 Å². The molecule has 6 nitrogen and oxygen atoms in total. The number of aromatic nitrogens is 1. The molecule has 2 fully saturated rings. The fourth-order valence-electron chi connectivity index (χ4n) is 2.58. The van der Waals surface area contributed by atoms with E-state index in [0.717, 1.165) is 25.9 Å². The van der Waals surface area contributed by atoms with Gasteiger partial charge in [-0.25, -0.2) is 9.78 Å². The molecule has 3 heterocycles. The molecule has 0 amide bonds. The Morgan fingerprint density at radius 3 is 2.58 bits per heavy atom. The molecule has 19 heavy (non-hydrogen) atoms. The summed E-state index contributed by atoms with van der Waals surface area (Å²) < 4.78 is 11.3. The molecular formula is C13H16N2O4. The van der Waals surface area contributed by atoms with Crippen molar-refractivity contribution in [1.82, 2.24) is 4.98 Å². The predicted molar refractivity (Wildman–Crippen MR) is 67.3 cm³/mol. The van der Waals surface area contributed by atoms with Gasteiger partial charge in [0.25, 0.3) is 0 Å². The summed E-state index contributed by atoms with van der Waals surface area (Å²) >= 11 is 0. The van der Waals surface area contributed by atoms with Gasteiger partial charge in [-0.15, -0.1) is 0 Å². The highest BCUT2D eigenvalue weighted by molar-refractivity contribution is 5.85. The smallest absolute Gasteiger partial charge is 0.354 e. The van der Waals surface area contributed by atoms with E-state index in [2.05, 4.69) is 9.88 Å². The first-order chi connectivity index (χ1) is 9.19. The van der Waals surface area contributed by atoms with Crippen LogP contribution in [0.5, 0.6) is 0 Å². The van der Waals surface area contributed by atoms with Gasteiger partial charge in [-0.3, -0.25) is 0 Å². The van der Waals surface area contributed by atoms with Crippen LogP contribution in [0.4, 0.5) is 5.82 Å². The zero-order valence-corrected chi connectivity index (χ0v) is 10.5. The molecular weight excluding hydrogens is 248 g/mol. The van der Waals surface area contributed by atoms with E-state index in [1.807, 2.05) is 6.07 Å². The molecule has 0 radical (unpaired) electrons. The number of carbonyl (C=O) groups is 1. The van der Waals surface area contributed by atoms with Crippen molar-refractivity contribution in [3.8, 4) is 0 Å². The van der Waals surface area contributed by atoms with Crippen molar-refractivity contribution < 1.29 is 19.4 Å². The number of ether oxygens (including phenoxy) is 2.